The van der Waals surface area contributed by atoms with Crippen LogP contribution in [-0.4, -0.2) is 15.5 Å². The van der Waals surface area contributed by atoms with Gasteiger partial charge < -0.3 is 5.32 Å². The Morgan fingerprint density at radius 1 is 1.09 bits per heavy atom. The molecule has 1 N–H and O–H groups in total. The SMILES string of the molecule is Cc1ccc(C)c(NC(=O)c2snnc2-c2ccccc2)c1. The second-order valence-electron chi connectivity index (χ2n) is 5.09. The lowest BCUT2D eigenvalue weighted by Crippen LogP contribution is -2.12. The molecule has 0 saturated carbocycles. The Labute approximate surface area is 133 Å². The molecule has 0 aliphatic rings. The third-order valence-corrected chi connectivity index (χ3v) is 4.11. The van der Waals surface area contributed by atoms with Crippen LogP contribution in [0.4, 0.5) is 5.69 Å². The number of hydrogen-bond acceptors (Lipinski definition) is 4. The fourth-order valence-corrected chi connectivity index (χ4v) is 2.76. The van der Waals surface area contributed by atoms with E-state index in [2.05, 4.69) is 14.9 Å². The highest BCUT2D eigenvalue weighted by molar-refractivity contribution is 7.08. The summed E-state index contributed by atoms with van der Waals surface area (Å²) in [5.41, 5.74) is 4.46. The Morgan fingerprint density at radius 2 is 1.86 bits per heavy atom. The van der Waals surface area contributed by atoms with E-state index >= 15 is 0 Å². The predicted octanol–water partition coefficient (Wildman–Crippen LogP) is 4.07. The first kappa shape index (κ1) is 14.4. The fraction of sp³-hybridized carbons (Fsp3) is 0.118. The van der Waals surface area contributed by atoms with Gasteiger partial charge in [-0.15, -0.1) is 5.10 Å². The Morgan fingerprint density at radius 3 is 2.64 bits per heavy atom. The van der Waals surface area contributed by atoms with Gasteiger partial charge in [0.05, 0.1) is 0 Å². The Kier molecular flexibility index (Phi) is 3.98. The molecule has 0 atom stereocenters. The van der Waals surface area contributed by atoms with E-state index in [1.54, 1.807) is 0 Å². The molecule has 0 bridgehead atoms. The minimum atomic E-state index is -0.178. The second-order valence-corrected chi connectivity index (χ2v) is 5.84. The fourth-order valence-electron chi connectivity index (χ4n) is 2.17. The molecule has 1 heterocycles. The maximum absolute atomic E-state index is 12.6. The maximum Gasteiger partial charge on any atom is 0.269 e. The third-order valence-electron chi connectivity index (χ3n) is 3.38. The van der Waals surface area contributed by atoms with Gasteiger partial charge in [-0.1, -0.05) is 47.0 Å². The van der Waals surface area contributed by atoms with E-state index in [0.717, 1.165) is 33.9 Å². The van der Waals surface area contributed by atoms with Gasteiger partial charge in [0.15, 0.2) is 0 Å². The minimum Gasteiger partial charge on any atom is -0.321 e. The molecule has 0 aliphatic carbocycles. The number of hydrogen-bond donors (Lipinski definition) is 1. The van der Waals surface area contributed by atoms with Gasteiger partial charge in [0.1, 0.15) is 10.6 Å². The largest absolute Gasteiger partial charge is 0.321 e. The van der Waals surface area contributed by atoms with E-state index in [0.29, 0.717) is 10.6 Å². The van der Waals surface area contributed by atoms with E-state index in [4.69, 9.17) is 0 Å². The molecule has 0 radical (unpaired) electrons. The van der Waals surface area contributed by atoms with Crippen LogP contribution >= 0.6 is 11.5 Å². The van der Waals surface area contributed by atoms with Crippen LogP contribution in [0.1, 0.15) is 20.8 Å². The van der Waals surface area contributed by atoms with Crippen molar-refractivity contribution in [3.63, 3.8) is 0 Å². The standard InChI is InChI=1S/C17H15N3OS/c1-11-8-9-12(2)14(10-11)18-17(21)16-15(19-20-22-16)13-6-4-3-5-7-13/h3-10H,1-2H3,(H,18,21). The molecular weight excluding hydrogens is 294 g/mol. The summed E-state index contributed by atoms with van der Waals surface area (Å²) in [5.74, 6) is -0.178. The summed E-state index contributed by atoms with van der Waals surface area (Å²) < 4.78 is 3.93. The van der Waals surface area contributed by atoms with Crippen molar-refractivity contribution < 1.29 is 4.79 Å². The molecule has 2 aromatic carbocycles. The van der Waals surface area contributed by atoms with Crippen molar-refractivity contribution in [3.05, 3.63) is 64.5 Å². The van der Waals surface area contributed by atoms with Crippen LogP contribution in [0, 0.1) is 13.8 Å². The number of benzene rings is 2. The van der Waals surface area contributed by atoms with Gasteiger partial charge in [0.2, 0.25) is 0 Å². The predicted molar refractivity (Wildman–Crippen MR) is 89.2 cm³/mol. The zero-order valence-electron chi connectivity index (χ0n) is 12.3. The van der Waals surface area contributed by atoms with E-state index < -0.39 is 0 Å². The van der Waals surface area contributed by atoms with E-state index in [1.807, 2.05) is 62.4 Å². The van der Waals surface area contributed by atoms with E-state index in [9.17, 15) is 4.79 Å². The first-order valence-corrected chi connectivity index (χ1v) is 7.69. The number of aromatic nitrogens is 2. The third kappa shape index (κ3) is 2.89. The van der Waals surface area contributed by atoms with E-state index in [1.165, 1.54) is 0 Å². The summed E-state index contributed by atoms with van der Waals surface area (Å²) in [4.78, 5) is 13.1. The molecule has 0 spiro atoms. The summed E-state index contributed by atoms with van der Waals surface area (Å²) >= 11 is 1.11. The number of amides is 1. The Balaban J connectivity index is 1.91. The lowest BCUT2D eigenvalue weighted by molar-refractivity contribution is 0.103. The summed E-state index contributed by atoms with van der Waals surface area (Å²) in [6.45, 7) is 3.97. The van der Waals surface area contributed by atoms with Crippen LogP contribution in [-0.2, 0) is 0 Å². The van der Waals surface area contributed by atoms with Gasteiger partial charge in [-0.25, -0.2) is 0 Å². The van der Waals surface area contributed by atoms with Gasteiger partial charge in [0.25, 0.3) is 5.91 Å². The smallest absolute Gasteiger partial charge is 0.269 e. The van der Waals surface area contributed by atoms with Gasteiger partial charge in [-0.2, -0.15) is 0 Å². The van der Waals surface area contributed by atoms with Gasteiger partial charge in [-0.05, 0) is 42.6 Å². The number of carbonyl (C=O) groups excluding carboxylic acids is 1. The molecule has 110 valence electrons. The van der Waals surface area contributed by atoms with Crippen LogP contribution in [0.2, 0.25) is 0 Å². The molecule has 4 nitrogen and oxygen atoms in total. The molecule has 22 heavy (non-hydrogen) atoms. The van der Waals surface area contributed by atoms with Crippen molar-refractivity contribution in [1.29, 1.82) is 0 Å². The minimum absolute atomic E-state index is 0.178. The lowest BCUT2D eigenvalue weighted by atomic mass is 10.1. The summed E-state index contributed by atoms with van der Waals surface area (Å²) in [5, 5.41) is 7.05. The van der Waals surface area contributed by atoms with Crippen molar-refractivity contribution in [2.45, 2.75) is 13.8 Å². The molecule has 3 rings (SSSR count). The van der Waals surface area contributed by atoms with Gasteiger partial charge in [0, 0.05) is 11.3 Å². The highest BCUT2D eigenvalue weighted by atomic mass is 32.1. The quantitative estimate of drug-likeness (QED) is 0.793. The molecule has 0 aliphatic heterocycles. The van der Waals surface area contributed by atoms with Gasteiger partial charge >= 0.3 is 0 Å². The number of rotatable bonds is 3. The van der Waals surface area contributed by atoms with Crippen molar-refractivity contribution in [3.8, 4) is 11.3 Å². The molecule has 5 heteroatoms. The molecule has 0 unspecified atom stereocenters. The first-order valence-electron chi connectivity index (χ1n) is 6.91. The highest BCUT2D eigenvalue weighted by Gasteiger charge is 2.18. The molecular formula is C17H15N3OS. The summed E-state index contributed by atoms with van der Waals surface area (Å²) in [6.07, 6.45) is 0. The molecule has 1 aromatic heterocycles. The monoisotopic (exact) mass is 309 g/mol. The van der Waals surface area contributed by atoms with E-state index in [-0.39, 0.29) is 5.91 Å². The Bertz CT molecular complexity index is 812. The van der Waals surface area contributed by atoms with Crippen LogP contribution in [0.25, 0.3) is 11.3 Å². The van der Waals surface area contributed by atoms with Crippen molar-refractivity contribution >= 4 is 23.1 Å². The zero-order valence-corrected chi connectivity index (χ0v) is 13.1. The topological polar surface area (TPSA) is 54.9 Å². The maximum atomic E-state index is 12.6. The first-order chi connectivity index (χ1) is 10.6. The second kappa shape index (κ2) is 6.07. The molecule has 0 fully saturated rings. The zero-order chi connectivity index (χ0) is 15.5. The highest BCUT2D eigenvalue weighted by Crippen LogP contribution is 2.25. The number of carbonyl (C=O) groups is 1. The lowest BCUT2D eigenvalue weighted by Gasteiger charge is -2.09. The van der Waals surface area contributed by atoms with Crippen LogP contribution in [0.15, 0.2) is 48.5 Å². The number of nitrogens with one attached hydrogen (secondary N) is 1. The molecule has 0 saturated heterocycles. The number of aryl methyl sites for hydroxylation is 2. The van der Waals surface area contributed by atoms with Crippen molar-refractivity contribution in [1.82, 2.24) is 9.59 Å². The number of anilines is 1. The molecule has 3 aromatic rings. The summed E-state index contributed by atoms with van der Waals surface area (Å²) in [6, 6.07) is 15.6. The van der Waals surface area contributed by atoms with Crippen LogP contribution in [0.5, 0.6) is 0 Å². The van der Waals surface area contributed by atoms with Crippen molar-refractivity contribution in [2.75, 3.05) is 5.32 Å². The van der Waals surface area contributed by atoms with Crippen LogP contribution in [0.3, 0.4) is 0 Å². The van der Waals surface area contributed by atoms with Crippen molar-refractivity contribution in [2.24, 2.45) is 0 Å². The number of nitrogens with zero attached hydrogens (tertiary/aromatic N) is 2. The average Bonchev–Trinajstić information content (AvgIpc) is 3.01. The average molecular weight is 309 g/mol. The summed E-state index contributed by atoms with van der Waals surface area (Å²) in [7, 11) is 0. The normalized spacial score (nSPS) is 10.5. The Hall–Kier alpha value is -2.53. The molecule has 1 amide bonds. The van der Waals surface area contributed by atoms with Gasteiger partial charge in [-0.3, -0.25) is 4.79 Å². The van der Waals surface area contributed by atoms with Crippen LogP contribution < -0.4 is 5.32 Å².